The summed E-state index contributed by atoms with van der Waals surface area (Å²) < 4.78 is 12.7. The van der Waals surface area contributed by atoms with Crippen LogP contribution in [-0.4, -0.2) is 7.85 Å². The van der Waals surface area contributed by atoms with Crippen LogP contribution in [0.3, 0.4) is 0 Å². The lowest BCUT2D eigenvalue weighted by Crippen LogP contribution is -2.03. The third kappa shape index (κ3) is 1.54. The highest BCUT2D eigenvalue weighted by molar-refractivity contribution is 7.79. The van der Waals surface area contributed by atoms with Crippen molar-refractivity contribution in [2.45, 2.75) is 5.75 Å². The molecule has 0 atom stereocenters. The normalized spacial score (nSPS) is 9.80. The van der Waals surface area contributed by atoms with Gasteiger partial charge in [-0.05, 0) is 11.6 Å². The van der Waals surface area contributed by atoms with E-state index in [4.69, 9.17) is 7.85 Å². The summed E-state index contributed by atoms with van der Waals surface area (Å²) in [5, 5.41) is 0. The van der Waals surface area contributed by atoms with Crippen molar-refractivity contribution in [1.82, 2.24) is 0 Å². The van der Waals surface area contributed by atoms with Gasteiger partial charge in [-0.1, -0.05) is 17.6 Å². The second-order valence-corrected chi connectivity index (χ2v) is 2.33. The van der Waals surface area contributed by atoms with Crippen molar-refractivity contribution in [3.8, 4) is 0 Å². The van der Waals surface area contributed by atoms with E-state index in [0.29, 0.717) is 16.8 Å². The topological polar surface area (TPSA) is 0 Å². The minimum atomic E-state index is -0.282. The number of thiol groups is 1. The van der Waals surface area contributed by atoms with Gasteiger partial charge in [0.2, 0.25) is 0 Å². The zero-order valence-corrected chi connectivity index (χ0v) is 6.24. The van der Waals surface area contributed by atoms with E-state index in [1.54, 1.807) is 12.1 Å². The summed E-state index contributed by atoms with van der Waals surface area (Å²) in [6, 6.07) is 4.60. The average molecular weight is 152 g/mol. The van der Waals surface area contributed by atoms with Gasteiger partial charge in [-0.25, -0.2) is 4.39 Å². The maximum absolute atomic E-state index is 12.7. The Balaban J connectivity index is 3.07. The van der Waals surface area contributed by atoms with Crippen LogP contribution in [0.2, 0.25) is 0 Å². The zero-order chi connectivity index (χ0) is 7.56. The lowest BCUT2D eigenvalue weighted by atomic mass is 9.95. The average Bonchev–Trinajstić information content (AvgIpc) is 1.88. The van der Waals surface area contributed by atoms with Crippen molar-refractivity contribution in [1.29, 1.82) is 0 Å². The smallest absolute Gasteiger partial charge is 0.126 e. The molecule has 0 bridgehead atoms. The summed E-state index contributed by atoms with van der Waals surface area (Å²) in [5.74, 6) is 0.126. The van der Waals surface area contributed by atoms with Crippen molar-refractivity contribution in [2.24, 2.45) is 0 Å². The second kappa shape index (κ2) is 3.10. The Kier molecular flexibility index (Phi) is 2.38. The van der Waals surface area contributed by atoms with Crippen LogP contribution in [0.5, 0.6) is 0 Å². The van der Waals surface area contributed by atoms with Gasteiger partial charge in [0.15, 0.2) is 0 Å². The highest BCUT2D eigenvalue weighted by Gasteiger charge is 1.97. The minimum absolute atomic E-state index is 0.282. The molecular weight excluding hydrogens is 146 g/mol. The van der Waals surface area contributed by atoms with Crippen LogP contribution in [0, 0.1) is 5.82 Å². The molecule has 3 heteroatoms. The van der Waals surface area contributed by atoms with Crippen molar-refractivity contribution >= 4 is 25.9 Å². The fourth-order valence-electron chi connectivity index (χ4n) is 0.692. The first-order valence-electron chi connectivity index (χ1n) is 2.89. The third-order valence-electron chi connectivity index (χ3n) is 1.25. The van der Waals surface area contributed by atoms with Crippen LogP contribution in [0.4, 0.5) is 4.39 Å². The van der Waals surface area contributed by atoms with Crippen LogP contribution in [-0.2, 0) is 5.75 Å². The molecule has 0 spiro atoms. The molecule has 0 aliphatic carbocycles. The van der Waals surface area contributed by atoms with Gasteiger partial charge in [0.1, 0.15) is 13.7 Å². The van der Waals surface area contributed by atoms with Crippen LogP contribution < -0.4 is 5.46 Å². The maximum atomic E-state index is 12.7. The first-order chi connectivity index (χ1) is 4.74. The Morgan fingerprint density at radius 3 is 2.70 bits per heavy atom. The van der Waals surface area contributed by atoms with Gasteiger partial charge in [-0.2, -0.15) is 12.6 Å². The van der Waals surface area contributed by atoms with E-state index in [-0.39, 0.29) is 5.82 Å². The lowest BCUT2D eigenvalue weighted by Gasteiger charge is -1.98. The van der Waals surface area contributed by atoms with E-state index in [1.165, 1.54) is 6.07 Å². The van der Waals surface area contributed by atoms with E-state index in [1.807, 2.05) is 0 Å². The Hall–Kier alpha value is -0.435. The molecule has 0 nitrogen and oxygen atoms in total. The van der Waals surface area contributed by atoms with Crippen molar-refractivity contribution in [2.75, 3.05) is 0 Å². The van der Waals surface area contributed by atoms with Crippen molar-refractivity contribution < 1.29 is 4.39 Å². The molecule has 50 valence electrons. The fourth-order valence-corrected chi connectivity index (χ4v) is 0.948. The van der Waals surface area contributed by atoms with Crippen LogP contribution in [0.1, 0.15) is 5.56 Å². The SMILES string of the molecule is [B]c1ccc(CS)c(F)c1. The van der Waals surface area contributed by atoms with Crippen LogP contribution in [0.25, 0.3) is 0 Å². The van der Waals surface area contributed by atoms with E-state index >= 15 is 0 Å². The first kappa shape index (κ1) is 7.67. The van der Waals surface area contributed by atoms with Gasteiger partial charge in [0.25, 0.3) is 0 Å². The summed E-state index contributed by atoms with van der Waals surface area (Å²) >= 11 is 3.93. The zero-order valence-electron chi connectivity index (χ0n) is 5.34. The Morgan fingerprint density at radius 1 is 1.50 bits per heavy atom. The molecule has 0 N–H and O–H groups in total. The number of rotatable bonds is 1. The predicted molar refractivity (Wildman–Crippen MR) is 44.5 cm³/mol. The summed E-state index contributed by atoms with van der Waals surface area (Å²) in [6.45, 7) is 0. The number of benzene rings is 1. The molecule has 0 saturated carbocycles. The summed E-state index contributed by atoms with van der Waals surface area (Å²) in [6.07, 6.45) is 0. The Bertz CT molecular complexity index is 237. The van der Waals surface area contributed by atoms with E-state index in [0.717, 1.165) is 0 Å². The molecule has 1 aromatic rings. The number of hydrogen-bond donors (Lipinski definition) is 1. The molecule has 1 aromatic carbocycles. The molecule has 0 saturated heterocycles. The molecule has 0 aromatic heterocycles. The predicted octanol–water partition coefficient (Wildman–Crippen LogP) is 1.05. The quantitative estimate of drug-likeness (QED) is 0.451. The maximum Gasteiger partial charge on any atom is 0.126 e. The largest absolute Gasteiger partial charge is 0.207 e. The highest BCUT2D eigenvalue weighted by Crippen LogP contribution is 2.06. The molecule has 1 rings (SSSR count). The van der Waals surface area contributed by atoms with Gasteiger partial charge in [-0.3, -0.25) is 0 Å². The molecule has 0 amide bonds. The molecule has 0 aliphatic rings. The number of hydrogen-bond acceptors (Lipinski definition) is 1. The second-order valence-electron chi connectivity index (χ2n) is 2.01. The highest BCUT2D eigenvalue weighted by atomic mass is 32.1. The Labute approximate surface area is 66.3 Å². The standard InChI is InChI=1S/C7H6BFS/c8-6-2-1-5(4-10)7(9)3-6/h1-3,10H,4H2. The van der Waals surface area contributed by atoms with Crippen LogP contribution >= 0.6 is 12.6 Å². The summed E-state index contributed by atoms with van der Waals surface area (Å²) in [5.41, 5.74) is 1.03. The molecule has 0 fully saturated rings. The van der Waals surface area contributed by atoms with Crippen LogP contribution in [0.15, 0.2) is 18.2 Å². The molecule has 2 radical (unpaired) electrons. The fraction of sp³-hybridized carbons (Fsp3) is 0.143. The van der Waals surface area contributed by atoms with Gasteiger partial charge in [0, 0.05) is 5.75 Å². The van der Waals surface area contributed by atoms with Gasteiger partial charge in [0.05, 0.1) is 0 Å². The third-order valence-corrected chi connectivity index (χ3v) is 1.59. The van der Waals surface area contributed by atoms with Gasteiger partial charge >= 0.3 is 0 Å². The monoisotopic (exact) mass is 152 g/mol. The Morgan fingerprint density at radius 2 is 2.20 bits per heavy atom. The first-order valence-corrected chi connectivity index (χ1v) is 3.52. The van der Waals surface area contributed by atoms with E-state index < -0.39 is 0 Å². The molecule has 10 heavy (non-hydrogen) atoms. The minimum Gasteiger partial charge on any atom is -0.207 e. The molecule has 0 heterocycles. The molecule has 0 aliphatic heterocycles. The van der Waals surface area contributed by atoms with Gasteiger partial charge < -0.3 is 0 Å². The van der Waals surface area contributed by atoms with Crippen molar-refractivity contribution in [3.63, 3.8) is 0 Å². The molecule has 0 unspecified atom stereocenters. The summed E-state index contributed by atoms with van der Waals surface area (Å²) in [7, 11) is 5.32. The lowest BCUT2D eigenvalue weighted by molar-refractivity contribution is 0.618. The van der Waals surface area contributed by atoms with E-state index in [2.05, 4.69) is 12.6 Å². The summed E-state index contributed by atoms with van der Waals surface area (Å²) in [4.78, 5) is 0. The number of halogens is 1. The van der Waals surface area contributed by atoms with E-state index in [9.17, 15) is 4.39 Å². The molecular formula is C7H6BFS. The van der Waals surface area contributed by atoms with Gasteiger partial charge in [-0.15, -0.1) is 0 Å². The van der Waals surface area contributed by atoms with Crippen molar-refractivity contribution in [3.05, 3.63) is 29.6 Å².